The molecule has 0 fully saturated rings. The van der Waals surface area contributed by atoms with Crippen molar-refractivity contribution in [3.63, 3.8) is 0 Å². The number of phosphoric ester groups is 1. The van der Waals surface area contributed by atoms with Gasteiger partial charge >= 0.3 is 7.82 Å². The highest BCUT2D eigenvalue weighted by Crippen LogP contribution is 2.48. The highest BCUT2D eigenvalue weighted by atomic mass is 35.5. The van der Waals surface area contributed by atoms with E-state index < -0.39 is 28.9 Å². The van der Waals surface area contributed by atoms with Crippen molar-refractivity contribution < 1.29 is 18.9 Å². The predicted molar refractivity (Wildman–Crippen MR) is 90.3 cm³/mol. The van der Waals surface area contributed by atoms with Gasteiger partial charge in [-0.05, 0) is 12.8 Å². The Morgan fingerprint density at radius 1 is 1.10 bits per heavy atom. The number of rotatable bonds is 10. The van der Waals surface area contributed by atoms with E-state index in [1.807, 2.05) is 0 Å². The first-order valence-electron chi connectivity index (χ1n) is 6.16. The van der Waals surface area contributed by atoms with Crippen LogP contribution in [0.5, 0.6) is 0 Å². The molecule has 0 heterocycles. The molecule has 0 saturated heterocycles. The van der Waals surface area contributed by atoms with Crippen LogP contribution in [-0.2, 0) is 9.09 Å². The molecule has 0 bridgehead atoms. The van der Waals surface area contributed by atoms with E-state index in [4.69, 9.17) is 67.8 Å². The number of halogens is 5. The van der Waals surface area contributed by atoms with Gasteiger partial charge in [0.15, 0.2) is 0 Å². The Morgan fingerprint density at radius 3 is 1.76 bits per heavy atom. The lowest BCUT2D eigenvalue weighted by Crippen LogP contribution is -2.46. The van der Waals surface area contributed by atoms with Gasteiger partial charge in [-0.3, -0.25) is 4.52 Å². The lowest BCUT2D eigenvalue weighted by molar-refractivity contribution is 0.0894. The molecule has 0 spiro atoms. The summed E-state index contributed by atoms with van der Waals surface area (Å²) in [6.45, 7) is 3.20. The van der Waals surface area contributed by atoms with Crippen molar-refractivity contribution in [2.45, 2.75) is 42.3 Å². The van der Waals surface area contributed by atoms with E-state index in [0.717, 1.165) is 0 Å². The zero-order chi connectivity index (χ0) is 16.9. The molecule has 0 aromatic carbocycles. The molecule has 0 aromatic heterocycles. The van der Waals surface area contributed by atoms with Crippen LogP contribution in [0.2, 0.25) is 0 Å². The Morgan fingerprint density at radius 2 is 1.48 bits per heavy atom. The van der Waals surface area contributed by atoms with Gasteiger partial charge in [0.05, 0.1) is 11.5 Å². The van der Waals surface area contributed by atoms with Crippen molar-refractivity contribution in [3.05, 3.63) is 0 Å². The van der Waals surface area contributed by atoms with E-state index >= 15 is 0 Å². The fourth-order valence-corrected chi connectivity index (χ4v) is 3.64. The average Bonchev–Trinajstić information content (AvgIpc) is 2.35. The zero-order valence-electron chi connectivity index (χ0n) is 11.7. The van der Waals surface area contributed by atoms with Crippen LogP contribution in [-0.4, -0.2) is 43.8 Å². The Kier molecular flexibility index (Phi) is 9.83. The third-order valence-corrected chi connectivity index (χ3v) is 6.20. The van der Waals surface area contributed by atoms with Gasteiger partial charge in [0.25, 0.3) is 0 Å². The first-order valence-corrected chi connectivity index (χ1v) is 10.0. The second-order valence-corrected chi connectivity index (χ2v) is 9.34. The molecule has 0 aliphatic carbocycles. The minimum Gasteiger partial charge on any atom is -0.303 e. The molecule has 2 N–H and O–H groups in total. The molecule has 128 valence electrons. The van der Waals surface area contributed by atoms with Gasteiger partial charge < -0.3 is 9.79 Å². The first kappa shape index (κ1) is 22.6. The van der Waals surface area contributed by atoms with Crippen LogP contribution in [0.15, 0.2) is 0 Å². The predicted octanol–water partition coefficient (Wildman–Crippen LogP) is 4.57. The second-order valence-electron chi connectivity index (χ2n) is 5.52. The fraction of sp³-hybridized carbons (Fsp3) is 1.00. The zero-order valence-corrected chi connectivity index (χ0v) is 16.4. The molecule has 0 saturated carbocycles. The molecule has 0 radical (unpaired) electrons. The van der Waals surface area contributed by atoms with Crippen LogP contribution in [0, 0.1) is 5.41 Å². The van der Waals surface area contributed by atoms with Crippen molar-refractivity contribution in [3.8, 4) is 0 Å². The normalized spacial score (nSPS) is 19.1. The second kappa shape index (κ2) is 9.15. The lowest BCUT2D eigenvalue weighted by atomic mass is 9.73. The highest BCUT2D eigenvalue weighted by molar-refractivity contribution is 7.46. The molecule has 2 unspecified atom stereocenters. The molecule has 0 aromatic rings. The highest BCUT2D eigenvalue weighted by Gasteiger charge is 2.46. The number of alkyl halides is 5. The van der Waals surface area contributed by atoms with Crippen molar-refractivity contribution >= 4 is 65.8 Å². The molecule has 21 heavy (non-hydrogen) atoms. The van der Waals surface area contributed by atoms with Crippen LogP contribution in [0.4, 0.5) is 0 Å². The summed E-state index contributed by atoms with van der Waals surface area (Å²) in [6, 6.07) is 0. The maximum absolute atomic E-state index is 10.9. The van der Waals surface area contributed by atoms with E-state index in [2.05, 4.69) is 4.52 Å². The third-order valence-electron chi connectivity index (χ3n) is 3.23. The van der Waals surface area contributed by atoms with Crippen LogP contribution in [0.25, 0.3) is 0 Å². The van der Waals surface area contributed by atoms with Gasteiger partial charge in [0, 0.05) is 27.9 Å². The molecule has 0 aliphatic rings. The topological polar surface area (TPSA) is 66.8 Å². The van der Waals surface area contributed by atoms with Crippen LogP contribution in [0.3, 0.4) is 0 Å². The van der Waals surface area contributed by atoms with Gasteiger partial charge in [-0.1, -0.05) is 13.8 Å². The Bertz CT molecular complexity index is 351. The van der Waals surface area contributed by atoms with Crippen LogP contribution < -0.4 is 0 Å². The van der Waals surface area contributed by atoms with Gasteiger partial charge in [0.2, 0.25) is 0 Å². The van der Waals surface area contributed by atoms with E-state index in [1.54, 1.807) is 13.8 Å². The SMILES string of the molecule is CC(C)(COP(=O)(O)O)C(Cl)(CC(Cl)CCl)CC(Cl)CCl. The van der Waals surface area contributed by atoms with Gasteiger partial charge in [-0.15, -0.1) is 58.0 Å². The van der Waals surface area contributed by atoms with E-state index in [0.29, 0.717) is 12.8 Å². The largest absolute Gasteiger partial charge is 0.469 e. The number of phosphoric acid groups is 1. The molecule has 0 aliphatic heterocycles. The lowest BCUT2D eigenvalue weighted by Gasteiger charge is -2.43. The first-order chi connectivity index (χ1) is 9.37. The van der Waals surface area contributed by atoms with E-state index in [-0.39, 0.29) is 18.4 Å². The van der Waals surface area contributed by atoms with Crippen molar-refractivity contribution in [1.29, 1.82) is 0 Å². The Hall–Kier alpha value is 1.56. The quantitative estimate of drug-likeness (QED) is 0.398. The smallest absolute Gasteiger partial charge is 0.303 e. The molecule has 0 rings (SSSR count). The van der Waals surface area contributed by atoms with Crippen molar-refractivity contribution in [2.75, 3.05) is 18.4 Å². The van der Waals surface area contributed by atoms with Crippen molar-refractivity contribution in [2.24, 2.45) is 5.41 Å². The summed E-state index contributed by atoms with van der Waals surface area (Å²) in [5.41, 5.74) is -0.811. The molecular formula is C11H20Cl5O4P. The molecule has 2 atom stereocenters. The van der Waals surface area contributed by atoms with Crippen LogP contribution >= 0.6 is 65.8 Å². The maximum Gasteiger partial charge on any atom is 0.469 e. The molecule has 10 heteroatoms. The van der Waals surface area contributed by atoms with Crippen LogP contribution in [0.1, 0.15) is 26.7 Å². The summed E-state index contributed by atoms with van der Waals surface area (Å²) < 4.78 is 15.5. The fourth-order valence-electron chi connectivity index (χ4n) is 1.82. The minimum absolute atomic E-state index is 0.194. The molecular weight excluding hydrogens is 404 g/mol. The summed E-state index contributed by atoms with van der Waals surface area (Å²) in [5.74, 6) is 0.387. The van der Waals surface area contributed by atoms with Gasteiger partial charge in [0.1, 0.15) is 0 Å². The summed E-state index contributed by atoms with van der Waals surface area (Å²) in [6.07, 6.45) is 0.606. The standard InChI is InChI=1S/C11H20Cl5O4P/c1-10(2,7-20-21(17,18)19)11(16,3-8(14)5-12)4-9(15)6-13/h8-9H,3-7H2,1-2H3,(H2,17,18,19). The third kappa shape index (κ3) is 8.28. The monoisotopic (exact) mass is 422 g/mol. The maximum atomic E-state index is 10.9. The summed E-state index contributed by atoms with van der Waals surface area (Å²) >= 11 is 30.3. The Labute approximate surface area is 150 Å². The molecule has 0 amide bonds. The number of hydrogen-bond donors (Lipinski definition) is 2. The average molecular weight is 425 g/mol. The van der Waals surface area contributed by atoms with E-state index in [1.165, 1.54) is 0 Å². The minimum atomic E-state index is -4.59. The van der Waals surface area contributed by atoms with Gasteiger partial charge in [-0.25, -0.2) is 4.57 Å². The summed E-state index contributed by atoms with van der Waals surface area (Å²) in [7, 11) is -4.59. The summed E-state index contributed by atoms with van der Waals surface area (Å²) in [4.78, 5) is 16.7. The number of hydrogen-bond acceptors (Lipinski definition) is 2. The summed E-state index contributed by atoms with van der Waals surface area (Å²) in [5, 5.41) is -0.810. The van der Waals surface area contributed by atoms with Gasteiger partial charge in [-0.2, -0.15) is 0 Å². The molecule has 4 nitrogen and oxygen atoms in total. The van der Waals surface area contributed by atoms with E-state index in [9.17, 15) is 4.57 Å². The Balaban J connectivity index is 5.19. The van der Waals surface area contributed by atoms with Crippen molar-refractivity contribution in [1.82, 2.24) is 0 Å².